The molecule has 0 unspecified atom stereocenters. The molecule has 5 nitrogen and oxygen atoms in total. The summed E-state index contributed by atoms with van der Waals surface area (Å²) in [5.74, 6) is 0.614. The zero-order valence-electron chi connectivity index (χ0n) is 15.7. The van der Waals surface area contributed by atoms with Crippen molar-refractivity contribution in [1.29, 1.82) is 0 Å². The lowest BCUT2D eigenvalue weighted by molar-refractivity contribution is -0.121. The molecule has 0 radical (unpaired) electrons. The standard InChI is InChI=1S/C21H22FN3O2S/c1-12-6-7-14-16(10-12)28-21-19(14)20(27)24-17(25-21)8-9-18(26)23-11-13-4-2-3-5-15(13)22/h2-5,12H,6-11H2,1H3,(H,23,26)(H,24,25,27)/t12-/m1/s1. The second kappa shape index (κ2) is 7.83. The largest absolute Gasteiger partial charge is 0.352 e. The molecule has 7 heteroatoms. The van der Waals surface area contributed by atoms with Gasteiger partial charge in [-0.1, -0.05) is 25.1 Å². The minimum atomic E-state index is -0.338. The zero-order chi connectivity index (χ0) is 19.7. The van der Waals surface area contributed by atoms with E-state index in [-0.39, 0.29) is 30.2 Å². The molecule has 3 aromatic rings. The lowest BCUT2D eigenvalue weighted by Gasteiger charge is -2.17. The number of hydrogen-bond acceptors (Lipinski definition) is 4. The molecular weight excluding hydrogens is 377 g/mol. The molecule has 1 aliphatic carbocycles. The molecule has 1 atom stereocenters. The number of aromatic nitrogens is 2. The molecule has 0 saturated heterocycles. The number of amides is 1. The van der Waals surface area contributed by atoms with Gasteiger partial charge in [-0.15, -0.1) is 11.3 Å². The SMILES string of the molecule is C[C@@H]1CCc2c(sc3nc(CCC(=O)NCc4ccccc4F)[nH]c(=O)c23)C1. The van der Waals surface area contributed by atoms with Crippen LogP contribution in [-0.2, 0) is 30.6 Å². The molecule has 0 aliphatic heterocycles. The van der Waals surface area contributed by atoms with Gasteiger partial charge < -0.3 is 10.3 Å². The lowest BCUT2D eigenvalue weighted by atomic mass is 9.89. The van der Waals surface area contributed by atoms with Gasteiger partial charge in [0.05, 0.1) is 5.39 Å². The van der Waals surface area contributed by atoms with E-state index in [1.807, 2.05) is 0 Å². The zero-order valence-corrected chi connectivity index (χ0v) is 16.5. The van der Waals surface area contributed by atoms with Crippen molar-refractivity contribution in [2.45, 2.75) is 45.6 Å². The fourth-order valence-electron chi connectivity index (χ4n) is 3.67. The highest BCUT2D eigenvalue weighted by Gasteiger charge is 2.23. The molecule has 28 heavy (non-hydrogen) atoms. The minimum absolute atomic E-state index is 0.112. The second-order valence-electron chi connectivity index (χ2n) is 7.41. The Kier molecular flexibility index (Phi) is 5.26. The highest BCUT2D eigenvalue weighted by Crippen LogP contribution is 2.35. The monoisotopic (exact) mass is 399 g/mol. The van der Waals surface area contributed by atoms with E-state index in [2.05, 4.69) is 22.2 Å². The summed E-state index contributed by atoms with van der Waals surface area (Å²) < 4.78 is 13.6. The van der Waals surface area contributed by atoms with E-state index < -0.39 is 0 Å². The van der Waals surface area contributed by atoms with Crippen molar-refractivity contribution in [2.24, 2.45) is 5.92 Å². The lowest BCUT2D eigenvalue weighted by Crippen LogP contribution is -2.24. The fourth-order valence-corrected chi connectivity index (χ4v) is 5.07. The van der Waals surface area contributed by atoms with E-state index in [1.165, 1.54) is 10.9 Å². The van der Waals surface area contributed by atoms with E-state index >= 15 is 0 Å². The number of aryl methyl sites for hydroxylation is 2. The molecule has 4 rings (SSSR count). The molecule has 0 bridgehead atoms. The Hall–Kier alpha value is -2.54. The molecule has 2 heterocycles. The molecule has 1 amide bonds. The van der Waals surface area contributed by atoms with Crippen LogP contribution in [0.3, 0.4) is 0 Å². The van der Waals surface area contributed by atoms with Crippen LogP contribution in [0.4, 0.5) is 4.39 Å². The first-order valence-corrected chi connectivity index (χ1v) is 10.4. The minimum Gasteiger partial charge on any atom is -0.352 e. The number of thiophene rings is 1. The van der Waals surface area contributed by atoms with Crippen LogP contribution in [0.2, 0.25) is 0 Å². The van der Waals surface area contributed by atoms with E-state index in [4.69, 9.17) is 0 Å². The molecular formula is C21H22FN3O2S. The Morgan fingerprint density at radius 3 is 3.04 bits per heavy atom. The van der Waals surface area contributed by atoms with Gasteiger partial charge in [0.25, 0.3) is 5.56 Å². The molecule has 146 valence electrons. The maximum atomic E-state index is 13.6. The van der Waals surface area contributed by atoms with Gasteiger partial charge in [0.2, 0.25) is 5.91 Å². The van der Waals surface area contributed by atoms with Crippen LogP contribution in [0.25, 0.3) is 10.2 Å². The van der Waals surface area contributed by atoms with Gasteiger partial charge in [-0.25, -0.2) is 9.37 Å². The number of nitrogens with one attached hydrogen (secondary N) is 2. The normalized spacial score (nSPS) is 16.1. The highest BCUT2D eigenvalue weighted by atomic mass is 32.1. The number of halogens is 1. The van der Waals surface area contributed by atoms with Crippen molar-refractivity contribution in [1.82, 2.24) is 15.3 Å². The second-order valence-corrected chi connectivity index (χ2v) is 8.50. The summed E-state index contributed by atoms with van der Waals surface area (Å²) in [6.45, 7) is 2.38. The van der Waals surface area contributed by atoms with Crippen LogP contribution < -0.4 is 10.9 Å². The van der Waals surface area contributed by atoms with Crippen molar-refractivity contribution in [3.8, 4) is 0 Å². The number of fused-ring (bicyclic) bond motifs is 3. The van der Waals surface area contributed by atoms with Gasteiger partial charge in [-0.3, -0.25) is 9.59 Å². The number of carbonyl (C=O) groups excluding carboxylic acids is 1. The predicted octanol–water partition coefficient (Wildman–Crippen LogP) is 3.50. The average molecular weight is 399 g/mol. The van der Waals surface area contributed by atoms with Gasteiger partial charge in [-0.05, 0) is 36.8 Å². The van der Waals surface area contributed by atoms with Crippen LogP contribution in [0.15, 0.2) is 29.1 Å². The number of nitrogens with zero attached hydrogens (tertiary/aromatic N) is 1. The Labute approximate surface area is 166 Å². The van der Waals surface area contributed by atoms with Gasteiger partial charge in [0, 0.05) is 29.8 Å². The molecule has 0 saturated carbocycles. The third-order valence-electron chi connectivity index (χ3n) is 5.24. The maximum Gasteiger partial charge on any atom is 0.259 e. The van der Waals surface area contributed by atoms with Crippen LogP contribution >= 0.6 is 11.3 Å². The summed E-state index contributed by atoms with van der Waals surface area (Å²) in [5.41, 5.74) is 1.49. The number of aromatic amines is 1. The van der Waals surface area contributed by atoms with Crippen molar-refractivity contribution in [2.75, 3.05) is 0 Å². The van der Waals surface area contributed by atoms with Crippen molar-refractivity contribution in [3.63, 3.8) is 0 Å². The summed E-state index contributed by atoms with van der Waals surface area (Å²) in [5, 5.41) is 3.43. The number of benzene rings is 1. The first-order chi connectivity index (χ1) is 13.5. The Morgan fingerprint density at radius 2 is 2.21 bits per heavy atom. The molecule has 0 fully saturated rings. The Bertz CT molecular complexity index is 1090. The first kappa shape index (κ1) is 18.8. The van der Waals surface area contributed by atoms with Crippen LogP contribution in [-0.4, -0.2) is 15.9 Å². The quantitative estimate of drug-likeness (QED) is 0.690. The number of hydrogen-bond donors (Lipinski definition) is 2. The number of H-pyrrole nitrogens is 1. The first-order valence-electron chi connectivity index (χ1n) is 9.55. The average Bonchev–Trinajstić information content (AvgIpc) is 3.03. The van der Waals surface area contributed by atoms with E-state index in [9.17, 15) is 14.0 Å². The van der Waals surface area contributed by atoms with Crippen molar-refractivity contribution in [3.05, 3.63) is 62.3 Å². The predicted molar refractivity (Wildman–Crippen MR) is 108 cm³/mol. The Balaban J connectivity index is 1.43. The van der Waals surface area contributed by atoms with Crippen molar-refractivity contribution < 1.29 is 9.18 Å². The summed E-state index contributed by atoms with van der Waals surface area (Å²) in [7, 11) is 0. The smallest absolute Gasteiger partial charge is 0.259 e. The number of carbonyl (C=O) groups is 1. The third kappa shape index (κ3) is 3.85. The van der Waals surface area contributed by atoms with Gasteiger partial charge >= 0.3 is 0 Å². The van der Waals surface area contributed by atoms with E-state index in [0.29, 0.717) is 23.7 Å². The maximum absolute atomic E-state index is 13.6. The van der Waals surface area contributed by atoms with Crippen LogP contribution in [0.1, 0.15) is 41.6 Å². The van der Waals surface area contributed by atoms with Gasteiger partial charge in [-0.2, -0.15) is 0 Å². The van der Waals surface area contributed by atoms with Crippen LogP contribution in [0.5, 0.6) is 0 Å². The van der Waals surface area contributed by atoms with E-state index in [1.54, 1.807) is 29.5 Å². The van der Waals surface area contributed by atoms with Crippen molar-refractivity contribution >= 4 is 27.5 Å². The molecule has 1 aromatic carbocycles. The van der Waals surface area contributed by atoms with Gasteiger partial charge in [0.1, 0.15) is 16.5 Å². The van der Waals surface area contributed by atoms with Crippen LogP contribution in [0, 0.1) is 11.7 Å². The summed E-state index contributed by atoms with van der Waals surface area (Å²) in [6.07, 6.45) is 3.56. The third-order valence-corrected chi connectivity index (χ3v) is 6.39. The molecule has 1 aliphatic rings. The molecule has 2 aromatic heterocycles. The summed E-state index contributed by atoms with van der Waals surface area (Å²) in [6, 6.07) is 6.35. The number of rotatable bonds is 5. The van der Waals surface area contributed by atoms with E-state index in [0.717, 1.165) is 35.0 Å². The fraction of sp³-hybridized carbons (Fsp3) is 0.381. The topological polar surface area (TPSA) is 74.8 Å². The molecule has 0 spiro atoms. The summed E-state index contributed by atoms with van der Waals surface area (Å²) in [4.78, 5) is 34.1. The Morgan fingerprint density at radius 1 is 1.39 bits per heavy atom. The van der Waals surface area contributed by atoms with Gasteiger partial charge in [0.15, 0.2) is 0 Å². The summed E-state index contributed by atoms with van der Waals surface area (Å²) >= 11 is 1.60. The highest BCUT2D eigenvalue weighted by molar-refractivity contribution is 7.18. The molecule has 2 N–H and O–H groups in total.